The summed E-state index contributed by atoms with van der Waals surface area (Å²) in [6, 6.07) is 24.2. The van der Waals surface area contributed by atoms with Crippen LogP contribution < -0.4 is 0 Å². The lowest BCUT2D eigenvalue weighted by Crippen LogP contribution is -2.55. The molecule has 3 aliphatic heterocycles. The zero-order valence-electron chi connectivity index (χ0n) is 25.2. The Labute approximate surface area is 259 Å². The molecule has 1 atom stereocenters. The Morgan fingerprint density at radius 2 is 1.32 bits per heavy atom. The van der Waals surface area contributed by atoms with E-state index in [0.29, 0.717) is 50.9 Å². The van der Waals surface area contributed by atoms with Crippen LogP contribution in [0.2, 0.25) is 0 Å². The molecule has 3 aliphatic rings. The average Bonchev–Trinajstić information content (AvgIpc) is 3.08. The van der Waals surface area contributed by atoms with Gasteiger partial charge in [0.2, 0.25) is 5.91 Å². The second-order valence-electron chi connectivity index (χ2n) is 12.2. The quantitative estimate of drug-likeness (QED) is 0.442. The summed E-state index contributed by atoms with van der Waals surface area (Å²) in [6.07, 6.45) is 3.68. The fourth-order valence-electron chi connectivity index (χ4n) is 6.90. The van der Waals surface area contributed by atoms with Crippen molar-refractivity contribution in [3.63, 3.8) is 0 Å². The number of aromatic nitrogens is 1. The lowest BCUT2D eigenvalue weighted by atomic mass is 9.92. The highest BCUT2D eigenvalue weighted by molar-refractivity contribution is 5.96. The van der Waals surface area contributed by atoms with Crippen LogP contribution in [-0.2, 0) is 9.59 Å². The molecule has 0 saturated carbocycles. The number of hydrogen-bond donors (Lipinski definition) is 1. The molecule has 44 heavy (non-hydrogen) atoms. The van der Waals surface area contributed by atoms with Crippen LogP contribution in [0.1, 0.15) is 36.0 Å². The van der Waals surface area contributed by atoms with E-state index in [1.165, 1.54) is 0 Å². The van der Waals surface area contributed by atoms with Crippen molar-refractivity contribution in [2.75, 3.05) is 58.9 Å². The molecule has 6 rings (SSSR count). The minimum Gasteiger partial charge on any atom is -0.480 e. The predicted octanol–water partition coefficient (Wildman–Crippen LogP) is 3.96. The topological polar surface area (TPSA) is 97.3 Å². The third-order valence-corrected chi connectivity index (χ3v) is 9.32. The van der Waals surface area contributed by atoms with Crippen molar-refractivity contribution in [3.8, 4) is 22.5 Å². The molecule has 9 nitrogen and oxygen atoms in total. The van der Waals surface area contributed by atoms with E-state index in [2.05, 4.69) is 4.90 Å². The summed E-state index contributed by atoms with van der Waals surface area (Å²) in [4.78, 5) is 51.4. The van der Waals surface area contributed by atoms with E-state index in [9.17, 15) is 14.4 Å². The number of rotatable bonds is 7. The van der Waals surface area contributed by atoms with Gasteiger partial charge in [0.05, 0.1) is 23.9 Å². The number of carboxylic acids is 1. The van der Waals surface area contributed by atoms with Gasteiger partial charge in [-0.05, 0) is 44.4 Å². The highest BCUT2D eigenvalue weighted by Gasteiger charge is 2.35. The van der Waals surface area contributed by atoms with Gasteiger partial charge < -0.3 is 14.9 Å². The molecule has 1 N–H and O–H groups in total. The molecule has 9 heteroatoms. The average molecular weight is 596 g/mol. The van der Waals surface area contributed by atoms with Crippen LogP contribution in [0.4, 0.5) is 0 Å². The van der Waals surface area contributed by atoms with Gasteiger partial charge in [0.25, 0.3) is 5.91 Å². The molecule has 0 spiro atoms. The molecule has 0 unspecified atom stereocenters. The summed E-state index contributed by atoms with van der Waals surface area (Å²) in [5, 5.41) is 9.06. The fraction of sp³-hybridized carbons (Fsp3) is 0.429. The van der Waals surface area contributed by atoms with Crippen molar-refractivity contribution in [2.45, 2.75) is 31.7 Å². The van der Waals surface area contributed by atoms with Gasteiger partial charge in [0.15, 0.2) is 0 Å². The van der Waals surface area contributed by atoms with Crippen LogP contribution in [0.15, 0.2) is 72.8 Å². The van der Waals surface area contributed by atoms with Gasteiger partial charge >= 0.3 is 5.97 Å². The van der Waals surface area contributed by atoms with Crippen LogP contribution in [-0.4, -0.2) is 112 Å². The van der Waals surface area contributed by atoms with E-state index in [-0.39, 0.29) is 24.3 Å². The number of benzene rings is 2. The van der Waals surface area contributed by atoms with E-state index >= 15 is 0 Å². The number of carbonyl (C=O) groups excluding carboxylic acids is 2. The summed E-state index contributed by atoms with van der Waals surface area (Å²) in [6.45, 7) is 5.56. The molecule has 0 radical (unpaired) electrons. The third kappa shape index (κ3) is 7.00. The molecule has 0 aliphatic carbocycles. The number of hydrogen-bond acceptors (Lipinski definition) is 6. The van der Waals surface area contributed by atoms with Crippen LogP contribution >= 0.6 is 0 Å². The molecule has 3 saturated heterocycles. The Morgan fingerprint density at radius 1 is 0.727 bits per heavy atom. The number of amides is 2. The zero-order chi connectivity index (χ0) is 30.5. The summed E-state index contributed by atoms with van der Waals surface area (Å²) < 4.78 is 0. The maximum absolute atomic E-state index is 13.8. The van der Waals surface area contributed by atoms with E-state index < -0.39 is 5.97 Å². The van der Waals surface area contributed by atoms with E-state index in [4.69, 9.17) is 10.1 Å². The Hall–Kier alpha value is -4.08. The first-order valence-electron chi connectivity index (χ1n) is 15.8. The monoisotopic (exact) mass is 595 g/mol. The number of aliphatic carboxylic acids is 1. The number of carbonyl (C=O) groups is 3. The number of piperidine rings is 2. The smallest absolute Gasteiger partial charge is 0.317 e. The predicted molar refractivity (Wildman–Crippen MR) is 169 cm³/mol. The van der Waals surface area contributed by atoms with Gasteiger partial charge in [-0.15, -0.1) is 0 Å². The lowest BCUT2D eigenvalue weighted by molar-refractivity contribution is -0.141. The molecule has 0 bridgehead atoms. The number of carboxylic acid groups (broad SMARTS) is 1. The maximum atomic E-state index is 13.8. The first-order chi connectivity index (χ1) is 21.4. The van der Waals surface area contributed by atoms with Crippen molar-refractivity contribution < 1.29 is 19.5 Å². The van der Waals surface area contributed by atoms with Crippen molar-refractivity contribution >= 4 is 17.8 Å². The standard InChI is InChI=1S/C35H41N5O4/c41-33(42)25-37-18-20-39(21-19-37)34(43)28-12-7-15-40(24-28)30-13-16-38(17-14-30)35(44)29-22-31(26-8-3-1-4-9-26)36-32(23-29)27-10-5-2-6-11-27/h1-6,8-11,22-23,28,30H,7,12-21,24-25H2,(H,41,42)/t28-/m1/s1. The van der Waals surface area contributed by atoms with E-state index in [1.54, 1.807) is 0 Å². The molecular weight excluding hydrogens is 554 g/mol. The summed E-state index contributed by atoms with van der Waals surface area (Å²) in [5.41, 5.74) is 4.20. The van der Waals surface area contributed by atoms with Gasteiger partial charge in [-0.25, -0.2) is 4.98 Å². The molecule has 2 aromatic carbocycles. The Kier molecular flexibility index (Phi) is 9.33. The number of piperazine rings is 1. The summed E-state index contributed by atoms with van der Waals surface area (Å²) in [5.74, 6) is -0.596. The summed E-state index contributed by atoms with van der Waals surface area (Å²) >= 11 is 0. The number of pyridine rings is 1. The van der Waals surface area contributed by atoms with Crippen molar-refractivity contribution in [2.24, 2.45) is 5.92 Å². The highest BCUT2D eigenvalue weighted by Crippen LogP contribution is 2.28. The first kappa shape index (κ1) is 30.0. The van der Waals surface area contributed by atoms with Crippen molar-refractivity contribution in [1.29, 1.82) is 0 Å². The Morgan fingerprint density at radius 3 is 1.89 bits per heavy atom. The van der Waals surface area contributed by atoms with Crippen LogP contribution in [0.25, 0.3) is 22.5 Å². The van der Waals surface area contributed by atoms with Gasteiger partial charge in [0, 0.05) is 68.5 Å². The molecular formula is C35H41N5O4. The van der Waals surface area contributed by atoms with Crippen LogP contribution in [0, 0.1) is 5.92 Å². The van der Waals surface area contributed by atoms with Gasteiger partial charge in [0.1, 0.15) is 0 Å². The van der Waals surface area contributed by atoms with Crippen LogP contribution in [0.3, 0.4) is 0 Å². The van der Waals surface area contributed by atoms with Crippen molar-refractivity contribution in [1.82, 2.24) is 24.6 Å². The zero-order valence-corrected chi connectivity index (χ0v) is 25.2. The molecule has 4 heterocycles. The third-order valence-electron chi connectivity index (χ3n) is 9.32. The normalized spacial score (nSPS) is 20.4. The number of likely N-dealkylation sites (tertiary alicyclic amines) is 2. The minimum atomic E-state index is -0.824. The molecule has 3 fully saturated rings. The highest BCUT2D eigenvalue weighted by atomic mass is 16.4. The second kappa shape index (κ2) is 13.7. The maximum Gasteiger partial charge on any atom is 0.317 e. The molecule has 230 valence electrons. The van der Waals surface area contributed by atoms with E-state index in [0.717, 1.165) is 61.3 Å². The Balaban J connectivity index is 1.08. The fourth-order valence-corrected chi connectivity index (χ4v) is 6.90. The first-order valence-corrected chi connectivity index (χ1v) is 15.8. The number of nitrogens with zero attached hydrogens (tertiary/aromatic N) is 5. The SMILES string of the molecule is O=C(O)CN1CCN(C(=O)[C@@H]2CCCN(C3CCN(C(=O)c4cc(-c5ccccc5)nc(-c5ccccc5)c4)CC3)C2)CC1. The summed E-state index contributed by atoms with van der Waals surface area (Å²) in [7, 11) is 0. The molecule has 2 amide bonds. The van der Waals surface area contributed by atoms with Crippen LogP contribution in [0.5, 0.6) is 0 Å². The lowest BCUT2D eigenvalue weighted by Gasteiger charge is -2.43. The van der Waals surface area contributed by atoms with Crippen molar-refractivity contribution in [3.05, 3.63) is 78.4 Å². The van der Waals surface area contributed by atoms with Gasteiger partial charge in [-0.2, -0.15) is 0 Å². The second-order valence-corrected chi connectivity index (χ2v) is 12.2. The minimum absolute atomic E-state index is 0.0148. The largest absolute Gasteiger partial charge is 0.480 e. The Bertz CT molecular complexity index is 1390. The van der Waals surface area contributed by atoms with Gasteiger partial charge in [-0.3, -0.25) is 24.2 Å². The molecule has 3 aromatic rings. The van der Waals surface area contributed by atoms with Gasteiger partial charge in [-0.1, -0.05) is 60.7 Å². The van der Waals surface area contributed by atoms with E-state index in [1.807, 2.05) is 87.5 Å². The molecule has 1 aromatic heterocycles.